The van der Waals surface area contributed by atoms with Crippen molar-refractivity contribution in [1.82, 2.24) is 20.0 Å². The zero-order valence-electron chi connectivity index (χ0n) is 15.2. The maximum Gasteiger partial charge on any atom is 0.276 e. The lowest BCUT2D eigenvalue weighted by Gasteiger charge is -2.33. The largest absolute Gasteiger partial charge is 0.508 e. The normalized spacial score (nSPS) is 16.7. The summed E-state index contributed by atoms with van der Waals surface area (Å²) in [5.41, 5.74) is 0.389. The third kappa shape index (κ3) is 3.95. The van der Waals surface area contributed by atoms with E-state index in [2.05, 4.69) is 15.1 Å². The molecule has 28 heavy (non-hydrogen) atoms. The van der Waals surface area contributed by atoms with Crippen molar-refractivity contribution >= 4 is 5.91 Å². The molecular formula is C20H20N4O4. The molecule has 1 amide bonds. The number of ether oxygens (including phenoxy) is 1. The molecule has 0 aliphatic carbocycles. The van der Waals surface area contributed by atoms with Crippen LogP contribution < -0.4 is 4.74 Å². The summed E-state index contributed by atoms with van der Waals surface area (Å²) >= 11 is 0. The highest BCUT2D eigenvalue weighted by atomic mass is 16.5. The lowest BCUT2D eigenvalue weighted by atomic mass is 10.0. The van der Waals surface area contributed by atoms with Crippen LogP contribution in [-0.4, -0.2) is 44.2 Å². The molecule has 4 rings (SSSR count). The standard InChI is InChI=1S/C20H20N4O4/c25-14-9-10-21-16(12-14)20-22-19(23-28-20)17-8-4-5-11-24(17)18(26)13-27-15-6-2-1-3-7-15/h1-3,6-7,9-10,12,17H,4-5,8,11,13H2,(H,21,25)/t17-/m1/s1. The first-order valence-electron chi connectivity index (χ1n) is 9.17. The lowest BCUT2D eigenvalue weighted by molar-refractivity contribution is -0.137. The van der Waals surface area contributed by atoms with E-state index in [-0.39, 0.29) is 30.2 Å². The highest BCUT2D eigenvalue weighted by Gasteiger charge is 2.32. The van der Waals surface area contributed by atoms with Crippen molar-refractivity contribution in [3.05, 3.63) is 54.5 Å². The van der Waals surface area contributed by atoms with Crippen molar-refractivity contribution in [3.8, 4) is 23.1 Å². The highest BCUT2D eigenvalue weighted by molar-refractivity contribution is 5.78. The van der Waals surface area contributed by atoms with Gasteiger partial charge in [-0.05, 0) is 37.5 Å². The van der Waals surface area contributed by atoms with Gasteiger partial charge < -0.3 is 19.3 Å². The van der Waals surface area contributed by atoms with Crippen LogP contribution in [-0.2, 0) is 4.79 Å². The summed E-state index contributed by atoms with van der Waals surface area (Å²) < 4.78 is 10.9. The van der Waals surface area contributed by atoms with Crippen LogP contribution in [0.3, 0.4) is 0 Å². The molecule has 1 fully saturated rings. The molecule has 8 heteroatoms. The number of aromatic nitrogens is 3. The van der Waals surface area contributed by atoms with Crippen LogP contribution in [0.1, 0.15) is 31.1 Å². The maximum absolute atomic E-state index is 12.7. The Morgan fingerprint density at radius 3 is 2.93 bits per heavy atom. The summed E-state index contributed by atoms with van der Waals surface area (Å²) in [5.74, 6) is 1.26. The smallest absolute Gasteiger partial charge is 0.276 e. The third-order valence-electron chi connectivity index (χ3n) is 4.63. The molecule has 144 valence electrons. The Labute approximate surface area is 161 Å². The third-order valence-corrected chi connectivity index (χ3v) is 4.63. The van der Waals surface area contributed by atoms with Crippen molar-refractivity contribution in [2.24, 2.45) is 0 Å². The summed E-state index contributed by atoms with van der Waals surface area (Å²) in [5, 5.41) is 13.7. The van der Waals surface area contributed by atoms with Gasteiger partial charge in [-0.3, -0.25) is 9.78 Å². The highest BCUT2D eigenvalue weighted by Crippen LogP contribution is 2.31. The molecule has 2 aromatic heterocycles. The number of likely N-dealkylation sites (tertiary alicyclic amines) is 1. The Bertz CT molecular complexity index is 944. The number of rotatable bonds is 5. The number of carbonyl (C=O) groups is 1. The van der Waals surface area contributed by atoms with Gasteiger partial charge in [0.1, 0.15) is 17.2 Å². The summed E-state index contributed by atoms with van der Waals surface area (Å²) in [4.78, 5) is 23.0. The number of piperidine rings is 1. The van der Waals surface area contributed by atoms with Crippen LogP contribution >= 0.6 is 0 Å². The lowest BCUT2D eigenvalue weighted by Crippen LogP contribution is -2.41. The molecular weight excluding hydrogens is 360 g/mol. The van der Waals surface area contributed by atoms with Gasteiger partial charge in [0.05, 0.1) is 6.04 Å². The second-order valence-corrected chi connectivity index (χ2v) is 6.56. The van der Waals surface area contributed by atoms with Gasteiger partial charge in [-0.1, -0.05) is 23.4 Å². The number of amides is 1. The monoisotopic (exact) mass is 380 g/mol. The number of benzene rings is 1. The van der Waals surface area contributed by atoms with Crippen LogP contribution in [0.15, 0.2) is 53.2 Å². The van der Waals surface area contributed by atoms with Gasteiger partial charge in [-0.2, -0.15) is 4.98 Å². The topological polar surface area (TPSA) is 102 Å². The van der Waals surface area contributed by atoms with E-state index in [9.17, 15) is 9.90 Å². The average molecular weight is 380 g/mol. The van der Waals surface area contributed by atoms with Gasteiger partial charge in [-0.25, -0.2) is 0 Å². The van der Waals surface area contributed by atoms with E-state index in [0.29, 0.717) is 23.8 Å². The van der Waals surface area contributed by atoms with Crippen LogP contribution in [0.25, 0.3) is 11.6 Å². The van der Waals surface area contributed by atoms with Crippen molar-refractivity contribution in [2.45, 2.75) is 25.3 Å². The molecule has 1 atom stereocenters. The second-order valence-electron chi connectivity index (χ2n) is 6.56. The van der Waals surface area contributed by atoms with Gasteiger partial charge in [0, 0.05) is 18.8 Å². The Morgan fingerprint density at radius 1 is 1.25 bits per heavy atom. The summed E-state index contributed by atoms with van der Waals surface area (Å²) in [6.45, 7) is 0.579. The Balaban J connectivity index is 1.48. The number of aromatic hydroxyl groups is 1. The number of carbonyl (C=O) groups excluding carboxylic acids is 1. The molecule has 8 nitrogen and oxygen atoms in total. The molecule has 0 bridgehead atoms. The Hall–Kier alpha value is -3.42. The van der Waals surface area contributed by atoms with Crippen molar-refractivity contribution < 1.29 is 19.2 Å². The minimum atomic E-state index is -0.268. The fourth-order valence-electron chi connectivity index (χ4n) is 3.25. The molecule has 1 aliphatic heterocycles. The minimum Gasteiger partial charge on any atom is -0.508 e. The average Bonchev–Trinajstić information content (AvgIpc) is 3.23. The van der Waals surface area contributed by atoms with Crippen molar-refractivity contribution in [3.63, 3.8) is 0 Å². The van der Waals surface area contributed by atoms with E-state index >= 15 is 0 Å². The van der Waals surface area contributed by atoms with Gasteiger partial charge in [0.25, 0.3) is 11.8 Å². The molecule has 1 saturated heterocycles. The van der Waals surface area contributed by atoms with Gasteiger partial charge in [0.2, 0.25) is 0 Å². The molecule has 0 saturated carbocycles. The van der Waals surface area contributed by atoms with Crippen molar-refractivity contribution in [1.29, 1.82) is 0 Å². The zero-order chi connectivity index (χ0) is 19.3. The van der Waals surface area contributed by atoms with Crippen LogP contribution in [0.4, 0.5) is 0 Å². The number of pyridine rings is 1. The van der Waals surface area contributed by atoms with E-state index < -0.39 is 0 Å². The molecule has 3 aromatic rings. The maximum atomic E-state index is 12.7. The van der Waals surface area contributed by atoms with E-state index in [0.717, 1.165) is 19.3 Å². The zero-order valence-corrected chi connectivity index (χ0v) is 15.2. The van der Waals surface area contributed by atoms with Gasteiger partial charge in [0.15, 0.2) is 12.4 Å². The van der Waals surface area contributed by atoms with E-state index in [1.807, 2.05) is 30.3 Å². The van der Waals surface area contributed by atoms with Gasteiger partial charge >= 0.3 is 0 Å². The predicted octanol–water partition coefficient (Wildman–Crippen LogP) is 2.97. The van der Waals surface area contributed by atoms with Crippen LogP contribution in [0.5, 0.6) is 11.5 Å². The molecule has 1 aromatic carbocycles. The molecule has 1 N–H and O–H groups in total. The first-order valence-corrected chi connectivity index (χ1v) is 9.17. The molecule has 0 radical (unpaired) electrons. The molecule has 1 aliphatic rings. The van der Waals surface area contributed by atoms with Crippen LogP contribution in [0, 0.1) is 0 Å². The number of nitrogens with zero attached hydrogens (tertiary/aromatic N) is 4. The molecule has 0 spiro atoms. The number of hydrogen-bond acceptors (Lipinski definition) is 7. The minimum absolute atomic E-state index is 0.0423. The van der Waals surface area contributed by atoms with E-state index in [4.69, 9.17) is 9.26 Å². The Morgan fingerprint density at radius 2 is 2.11 bits per heavy atom. The first kappa shape index (κ1) is 18.0. The molecule has 3 heterocycles. The summed E-state index contributed by atoms with van der Waals surface area (Å²) in [6.07, 6.45) is 4.12. The Kier molecular flexibility index (Phi) is 5.18. The first-order chi connectivity index (χ1) is 13.7. The fourth-order valence-corrected chi connectivity index (χ4v) is 3.25. The summed E-state index contributed by atoms with van der Waals surface area (Å²) in [6, 6.07) is 11.9. The predicted molar refractivity (Wildman–Crippen MR) is 99.4 cm³/mol. The van der Waals surface area contributed by atoms with E-state index in [1.54, 1.807) is 4.90 Å². The van der Waals surface area contributed by atoms with E-state index in [1.165, 1.54) is 18.3 Å². The number of para-hydroxylation sites is 1. The van der Waals surface area contributed by atoms with Crippen LogP contribution in [0.2, 0.25) is 0 Å². The second kappa shape index (κ2) is 8.08. The van der Waals surface area contributed by atoms with Gasteiger partial charge in [-0.15, -0.1) is 0 Å². The molecule has 0 unspecified atom stereocenters. The SMILES string of the molecule is O=C(COc1ccccc1)N1CCCC[C@@H]1c1noc(-c2cc(O)ccn2)n1. The quantitative estimate of drug-likeness (QED) is 0.726. The fraction of sp³-hybridized carbons (Fsp3) is 0.300. The summed E-state index contributed by atoms with van der Waals surface area (Å²) in [7, 11) is 0. The van der Waals surface area contributed by atoms with Crippen molar-refractivity contribution in [2.75, 3.05) is 13.2 Å². The number of hydrogen-bond donors (Lipinski definition) is 1.